The Kier molecular flexibility index (Phi) is 9.15. The third-order valence-corrected chi connectivity index (χ3v) is 8.56. The Morgan fingerprint density at radius 2 is 1.65 bits per heavy atom. The Hall–Kier alpha value is -2.35. The van der Waals surface area contributed by atoms with E-state index >= 15 is 0 Å². The Morgan fingerprint density at radius 3 is 2.19 bits per heavy atom. The third kappa shape index (κ3) is 6.76. The largest absolute Gasteiger partial charge is 0.494 e. The van der Waals surface area contributed by atoms with Crippen molar-refractivity contribution in [3.8, 4) is 5.75 Å². The predicted molar refractivity (Wildman–Crippen MR) is 138 cm³/mol. The molecule has 0 spiro atoms. The van der Waals surface area contributed by atoms with Gasteiger partial charge in [0.25, 0.3) is 0 Å². The van der Waals surface area contributed by atoms with Crippen molar-refractivity contribution in [2.24, 2.45) is 0 Å². The zero-order valence-corrected chi connectivity index (χ0v) is 22.9. The molecule has 0 unspecified atom stereocenters. The number of piperidine rings is 1. The maximum Gasteiger partial charge on any atom is 0.494 e. The van der Waals surface area contributed by atoms with Gasteiger partial charge in [-0.3, -0.25) is 0 Å². The molecule has 4 rings (SSSR count). The first-order valence-corrected chi connectivity index (χ1v) is 13.8. The highest BCUT2D eigenvalue weighted by atomic mass is 32.2. The summed E-state index contributed by atoms with van der Waals surface area (Å²) in [7, 11) is -4.36. The summed E-state index contributed by atoms with van der Waals surface area (Å²) in [5, 5.41) is 3.11. The second-order valence-electron chi connectivity index (χ2n) is 9.60. The van der Waals surface area contributed by atoms with Gasteiger partial charge in [-0.15, -0.1) is 0 Å². The van der Waals surface area contributed by atoms with Crippen molar-refractivity contribution < 1.29 is 31.2 Å². The first kappa shape index (κ1) is 29.2. The van der Waals surface area contributed by atoms with Crippen molar-refractivity contribution in [3.63, 3.8) is 0 Å². The summed E-state index contributed by atoms with van der Waals surface area (Å²) >= 11 is 0. The van der Waals surface area contributed by atoms with Crippen LogP contribution < -0.4 is 15.5 Å². The molecular weight excluding hydrogens is 505 g/mol. The molecule has 2 aliphatic heterocycles. The fourth-order valence-electron chi connectivity index (χ4n) is 3.93. The maximum atomic E-state index is 13.3. The van der Waals surface area contributed by atoms with Crippen molar-refractivity contribution in [1.82, 2.24) is 14.3 Å². The second kappa shape index (κ2) is 11.6. The summed E-state index contributed by atoms with van der Waals surface area (Å²) in [6, 6.07) is 6.62. The standard InChI is InChI=1S/C22H29BF2N4O5S.C2H6/c1-21(2)22(3,4)34-23(33-21)15-6-5-7-18(12-15)35(30,31)29-10-8-16(9-11-29)28-20-26-13-17(14-27-20)32-19(24)25;1-2/h5-7,12-14,16,19H,8-11H2,1-4H3,(H,26,27,28);1-2H3. The van der Waals surface area contributed by atoms with Gasteiger partial charge in [-0.2, -0.15) is 13.1 Å². The molecule has 204 valence electrons. The lowest BCUT2D eigenvalue weighted by molar-refractivity contribution is -0.0503. The van der Waals surface area contributed by atoms with Crippen LogP contribution in [0.15, 0.2) is 41.6 Å². The minimum absolute atomic E-state index is 0.0561. The number of nitrogens with zero attached hydrogens (tertiary/aromatic N) is 3. The lowest BCUT2D eigenvalue weighted by atomic mass is 9.79. The molecule has 13 heteroatoms. The summed E-state index contributed by atoms with van der Waals surface area (Å²) < 4.78 is 69.0. The Balaban J connectivity index is 0.00000186. The maximum absolute atomic E-state index is 13.3. The Bertz CT molecular complexity index is 1130. The summed E-state index contributed by atoms with van der Waals surface area (Å²) in [6.45, 7) is 9.47. The van der Waals surface area contributed by atoms with E-state index < -0.39 is 35.0 Å². The summed E-state index contributed by atoms with van der Waals surface area (Å²) in [4.78, 5) is 8.13. The number of hydrogen-bond acceptors (Lipinski definition) is 8. The summed E-state index contributed by atoms with van der Waals surface area (Å²) in [6.07, 6.45) is 3.39. The number of rotatable bonds is 7. The average molecular weight is 540 g/mol. The van der Waals surface area contributed by atoms with E-state index in [1.165, 1.54) is 4.31 Å². The van der Waals surface area contributed by atoms with Crippen molar-refractivity contribution in [1.29, 1.82) is 0 Å². The Morgan fingerprint density at radius 1 is 1.08 bits per heavy atom. The van der Waals surface area contributed by atoms with E-state index in [1.807, 2.05) is 41.5 Å². The van der Waals surface area contributed by atoms with Gasteiger partial charge in [0.1, 0.15) is 0 Å². The summed E-state index contributed by atoms with van der Waals surface area (Å²) in [5.74, 6) is 0.136. The first-order valence-electron chi connectivity index (χ1n) is 12.4. The van der Waals surface area contributed by atoms with Gasteiger partial charge in [0.15, 0.2) is 5.75 Å². The van der Waals surface area contributed by atoms with Crippen LogP contribution in [-0.4, -0.2) is 66.8 Å². The predicted octanol–water partition coefficient (Wildman–Crippen LogP) is 3.67. The van der Waals surface area contributed by atoms with E-state index in [4.69, 9.17) is 9.31 Å². The highest BCUT2D eigenvalue weighted by Crippen LogP contribution is 2.36. The van der Waals surface area contributed by atoms with Gasteiger partial charge in [-0.05, 0) is 58.1 Å². The van der Waals surface area contributed by atoms with Gasteiger partial charge in [0, 0.05) is 19.1 Å². The van der Waals surface area contributed by atoms with Gasteiger partial charge in [-0.1, -0.05) is 26.0 Å². The minimum atomic E-state index is -3.71. The molecule has 0 aliphatic carbocycles. The van der Waals surface area contributed by atoms with Crippen LogP contribution in [0.1, 0.15) is 54.4 Å². The van der Waals surface area contributed by atoms with Crippen LogP contribution in [-0.2, 0) is 19.3 Å². The topological polar surface area (TPSA) is 103 Å². The Labute approximate surface area is 218 Å². The van der Waals surface area contributed by atoms with Crippen LogP contribution >= 0.6 is 0 Å². The van der Waals surface area contributed by atoms with E-state index in [2.05, 4.69) is 20.0 Å². The average Bonchev–Trinajstić information content (AvgIpc) is 3.08. The number of aromatic nitrogens is 2. The van der Waals surface area contributed by atoms with E-state index in [0.29, 0.717) is 31.4 Å². The lowest BCUT2D eigenvalue weighted by Gasteiger charge is -2.32. The number of anilines is 1. The number of hydrogen-bond donors (Lipinski definition) is 1. The van der Waals surface area contributed by atoms with Crippen molar-refractivity contribution in [2.75, 3.05) is 18.4 Å². The van der Waals surface area contributed by atoms with Gasteiger partial charge >= 0.3 is 13.7 Å². The van der Waals surface area contributed by atoms with E-state index in [1.54, 1.807) is 24.3 Å². The van der Waals surface area contributed by atoms with Gasteiger partial charge < -0.3 is 19.4 Å². The monoisotopic (exact) mass is 540 g/mol. The van der Waals surface area contributed by atoms with Crippen molar-refractivity contribution in [3.05, 3.63) is 36.7 Å². The van der Waals surface area contributed by atoms with Gasteiger partial charge in [0.2, 0.25) is 16.0 Å². The number of halogens is 2. The smallest absolute Gasteiger partial charge is 0.432 e. The van der Waals surface area contributed by atoms with Crippen molar-refractivity contribution >= 4 is 28.6 Å². The highest BCUT2D eigenvalue weighted by molar-refractivity contribution is 7.89. The summed E-state index contributed by atoms with van der Waals surface area (Å²) in [5.41, 5.74) is -0.402. The lowest BCUT2D eigenvalue weighted by Crippen LogP contribution is -2.43. The van der Waals surface area contributed by atoms with Crippen molar-refractivity contribution in [2.45, 2.75) is 83.1 Å². The van der Waals surface area contributed by atoms with Crippen LogP contribution in [0.2, 0.25) is 0 Å². The third-order valence-electron chi connectivity index (χ3n) is 6.66. The fraction of sp³-hybridized carbons (Fsp3) is 0.583. The molecular formula is C24H35BF2N4O5S. The fourth-order valence-corrected chi connectivity index (χ4v) is 5.45. The molecule has 1 aromatic heterocycles. The number of ether oxygens (including phenoxy) is 1. The van der Waals surface area contributed by atoms with E-state index in [0.717, 1.165) is 12.4 Å². The molecule has 2 saturated heterocycles. The molecule has 1 N–H and O–H groups in total. The zero-order chi connectivity index (χ0) is 27.4. The van der Waals surface area contributed by atoms with Crippen LogP contribution in [0.5, 0.6) is 5.75 Å². The van der Waals surface area contributed by atoms with Crippen LogP contribution in [0.4, 0.5) is 14.7 Å². The van der Waals surface area contributed by atoms with Crippen LogP contribution in [0, 0.1) is 0 Å². The van der Waals surface area contributed by atoms with Gasteiger partial charge in [0.05, 0.1) is 28.5 Å². The number of sulfonamides is 1. The quantitative estimate of drug-likeness (QED) is 0.531. The molecule has 3 heterocycles. The zero-order valence-electron chi connectivity index (χ0n) is 22.1. The molecule has 0 saturated carbocycles. The SMILES string of the molecule is CC.CC1(C)OB(c2cccc(S(=O)(=O)N3CCC(Nc4ncc(OC(F)F)cn4)CC3)c2)OC1(C)C. The normalized spacial score (nSPS) is 19.9. The van der Waals surface area contributed by atoms with Crippen LogP contribution in [0.3, 0.4) is 0 Å². The minimum Gasteiger partial charge on any atom is -0.432 e. The molecule has 2 aliphatic rings. The van der Waals surface area contributed by atoms with E-state index in [-0.39, 0.29) is 22.6 Å². The molecule has 0 amide bonds. The molecule has 0 radical (unpaired) electrons. The number of alkyl halides is 2. The van der Waals surface area contributed by atoms with E-state index in [9.17, 15) is 17.2 Å². The molecule has 37 heavy (non-hydrogen) atoms. The molecule has 1 aromatic carbocycles. The molecule has 2 aromatic rings. The number of nitrogens with one attached hydrogen (secondary N) is 1. The first-order chi connectivity index (χ1) is 17.4. The molecule has 9 nitrogen and oxygen atoms in total. The second-order valence-corrected chi connectivity index (χ2v) is 11.5. The van der Waals surface area contributed by atoms with Gasteiger partial charge in [-0.25, -0.2) is 18.4 Å². The molecule has 2 fully saturated rings. The number of benzene rings is 1. The highest BCUT2D eigenvalue weighted by Gasteiger charge is 2.51. The van der Waals surface area contributed by atoms with Crippen LogP contribution in [0.25, 0.3) is 0 Å². The molecule has 0 atom stereocenters. The molecule has 0 bridgehead atoms.